The molecule has 1 nitrogen and oxygen atoms in total. The van der Waals surface area contributed by atoms with E-state index in [0.717, 1.165) is 17.1 Å². The van der Waals surface area contributed by atoms with Crippen LogP contribution in [0.2, 0.25) is 0 Å². The zero-order valence-electron chi connectivity index (χ0n) is 37.1. The van der Waals surface area contributed by atoms with E-state index in [1.54, 1.807) is 0 Å². The summed E-state index contributed by atoms with van der Waals surface area (Å²) in [4.78, 5) is 2.40. The summed E-state index contributed by atoms with van der Waals surface area (Å²) in [5, 5.41) is 0. The second-order valence-corrected chi connectivity index (χ2v) is 18.8. The van der Waals surface area contributed by atoms with Crippen LogP contribution in [0.4, 0.5) is 17.1 Å². The highest BCUT2D eigenvalue weighted by Gasteiger charge is 2.57. The van der Waals surface area contributed by atoms with Crippen LogP contribution in [-0.2, 0) is 16.2 Å². The molecule has 10 aromatic rings. The number of fused-ring (bicyclic) bond motifs is 8. The third-order valence-corrected chi connectivity index (χ3v) is 15.2. The fourth-order valence-corrected chi connectivity index (χ4v) is 12.4. The molecule has 0 saturated heterocycles. The first-order chi connectivity index (χ1) is 32.5. The van der Waals surface area contributed by atoms with Gasteiger partial charge in [-0.15, -0.1) is 0 Å². The molecule has 2 unspecified atom stereocenters. The minimum absolute atomic E-state index is 0.0953. The molecule has 0 amide bonds. The quantitative estimate of drug-likeness (QED) is 0.155. The Hall–Kier alpha value is -8.00. The van der Waals surface area contributed by atoms with E-state index in [2.05, 4.69) is 267 Å². The Bertz CT molecular complexity index is 3500. The molecule has 13 rings (SSSR count). The number of rotatable bonds is 7. The lowest BCUT2D eigenvalue weighted by atomic mass is 9.51. The number of benzene rings is 10. The van der Waals surface area contributed by atoms with Crippen LogP contribution in [0.5, 0.6) is 0 Å². The Kier molecular flexibility index (Phi) is 8.45. The number of nitrogens with zero attached hydrogens (tertiary/aromatic N) is 1. The first kappa shape index (κ1) is 38.5. The van der Waals surface area contributed by atoms with Crippen molar-refractivity contribution in [3.8, 4) is 33.4 Å². The number of anilines is 3. The second-order valence-electron chi connectivity index (χ2n) is 18.8. The molecule has 0 radical (unpaired) electrons. The lowest BCUT2D eigenvalue weighted by Gasteiger charge is -2.49. The summed E-state index contributed by atoms with van der Waals surface area (Å²) < 4.78 is 0. The second kappa shape index (κ2) is 14.5. The van der Waals surface area contributed by atoms with Crippen molar-refractivity contribution < 1.29 is 0 Å². The van der Waals surface area contributed by atoms with Crippen LogP contribution in [0.15, 0.2) is 249 Å². The molecule has 0 heterocycles. The Morgan fingerprint density at radius 2 is 0.742 bits per heavy atom. The fourth-order valence-electron chi connectivity index (χ4n) is 12.4. The van der Waals surface area contributed by atoms with Crippen molar-refractivity contribution in [2.45, 2.75) is 30.1 Å². The van der Waals surface area contributed by atoms with E-state index in [1.807, 2.05) is 0 Å². The van der Waals surface area contributed by atoms with Crippen molar-refractivity contribution >= 4 is 17.1 Å². The van der Waals surface area contributed by atoms with Gasteiger partial charge in [-0.05, 0) is 131 Å². The van der Waals surface area contributed by atoms with Crippen LogP contribution in [-0.4, -0.2) is 0 Å². The molecule has 0 aliphatic heterocycles. The van der Waals surface area contributed by atoms with Crippen molar-refractivity contribution in [2.75, 3.05) is 4.90 Å². The standard InChI is InChI=1S/C65H47N/c1-63(2)56-31-14-12-28-52(56)54-41-40-51(43-61(54)63)66(49-26-10-5-11-27-49)50-38-36-44(37-39-50)45-20-18-25-48(42-45)64(46-21-6-3-7-22-46)58-33-16-17-34-59(58)65(47-23-8-4-9-24-47)57-32-15-13-29-53(57)55-30-19-35-60(64)62(55)65/h3-43H,1-2H3. The van der Waals surface area contributed by atoms with Crippen LogP contribution in [0.3, 0.4) is 0 Å². The molecule has 0 spiro atoms. The number of para-hydroxylation sites is 1. The van der Waals surface area contributed by atoms with Crippen molar-refractivity contribution in [3.05, 3.63) is 304 Å². The summed E-state index contributed by atoms with van der Waals surface area (Å²) >= 11 is 0. The lowest BCUT2D eigenvalue weighted by molar-refractivity contribution is 0.627. The van der Waals surface area contributed by atoms with Crippen molar-refractivity contribution in [1.29, 1.82) is 0 Å². The Morgan fingerprint density at radius 1 is 0.273 bits per heavy atom. The summed E-state index contributed by atoms with van der Waals surface area (Å²) in [6, 6.07) is 93.2. The van der Waals surface area contributed by atoms with Crippen LogP contribution in [0.25, 0.3) is 33.4 Å². The summed E-state index contributed by atoms with van der Waals surface area (Å²) in [6.45, 7) is 4.71. The van der Waals surface area contributed by atoms with E-state index >= 15 is 0 Å². The summed E-state index contributed by atoms with van der Waals surface area (Å²) in [5.74, 6) is 0. The monoisotopic (exact) mass is 841 g/mol. The van der Waals surface area contributed by atoms with Gasteiger partial charge in [0.1, 0.15) is 0 Å². The van der Waals surface area contributed by atoms with Gasteiger partial charge in [0.15, 0.2) is 0 Å². The van der Waals surface area contributed by atoms with Crippen molar-refractivity contribution in [2.24, 2.45) is 0 Å². The average molecular weight is 842 g/mol. The minimum Gasteiger partial charge on any atom is -0.310 e. The van der Waals surface area contributed by atoms with Gasteiger partial charge in [0, 0.05) is 22.5 Å². The molecule has 66 heavy (non-hydrogen) atoms. The molecule has 0 aromatic heterocycles. The molecule has 3 aliphatic rings. The summed E-state index contributed by atoms with van der Waals surface area (Å²) in [7, 11) is 0. The maximum Gasteiger partial charge on any atom is 0.0720 e. The SMILES string of the molecule is CC1(C)c2ccccc2-c2ccc(N(c3ccccc3)c3ccc(-c4cccc(C5(c6ccccc6)c6ccccc6C6(c7ccccc7)c7ccccc7-c7cccc5c76)c4)cc3)cc21. The lowest BCUT2D eigenvalue weighted by Crippen LogP contribution is -2.44. The number of hydrogen-bond donors (Lipinski definition) is 0. The van der Waals surface area contributed by atoms with E-state index < -0.39 is 10.8 Å². The van der Waals surface area contributed by atoms with Gasteiger partial charge in [-0.1, -0.05) is 220 Å². The molecule has 0 bridgehead atoms. The van der Waals surface area contributed by atoms with Crippen molar-refractivity contribution in [1.82, 2.24) is 0 Å². The highest BCUT2D eigenvalue weighted by atomic mass is 15.1. The zero-order chi connectivity index (χ0) is 44.0. The molecule has 2 atom stereocenters. The number of hydrogen-bond acceptors (Lipinski definition) is 1. The fraction of sp³-hybridized carbons (Fsp3) is 0.0769. The molecule has 0 N–H and O–H groups in total. The molecule has 0 fully saturated rings. The highest BCUT2D eigenvalue weighted by Crippen LogP contribution is 2.66. The van der Waals surface area contributed by atoms with E-state index in [-0.39, 0.29) is 5.41 Å². The van der Waals surface area contributed by atoms with Gasteiger partial charge in [0.25, 0.3) is 0 Å². The van der Waals surface area contributed by atoms with E-state index in [9.17, 15) is 0 Å². The predicted molar refractivity (Wildman–Crippen MR) is 273 cm³/mol. The average Bonchev–Trinajstić information content (AvgIpc) is 3.82. The normalized spacial score (nSPS) is 17.8. The molecule has 10 aromatic carbocycles. The predicted octanol–water partition coefficient (Wildman–Crippen LogP) is 16.2. The Balaban J connectivity index is 0.982. The highest BCUT2D eigenvalue weighted by molar-refractivity contribution is 5.92. The van der Waals surface area contributed by atoms with Crippen LogP contribution in [0, 0.1) is 0 Å². The maximum absolute atomic E-state index is 2.46. The molecule has 1 heteroatoms. The maximum atomic E-state index is 2.46. The summed E-state index contributed by atoms with van der Waals surface area (Å²) in [5.41, 5.74) is 23.1. The van der Waals surface area contributed by atoms with Gasteiger partial charge in [-0.3, -0.25) is 0 Å². The Labute approximate surface area is 388 Å². The van der Waals surface area contributed by atoms with Gasteiger partial charge >= 0.3 is 0 Å². The van der Waals surface area contributed by atoms with E-state index in [4.69, 9.17) is 0 Å². The minimum atomic E-state index is -0.607. The molecule has 0 saturated carbocycles. The molecular formula is C65H47N. The largest absolute Gasteiger partial charge is 0.310 e. The van der Waals surface area contributed by atoms with Crippen molar-refractivity contribution in [3.63, 3.8) is 0 Å². The molecular weight excluding hydrogens is 795 g/mol. The van der Waals surface area contributed by atoms with Gasteiger partial charge in [-0.2, -0.15) is 0 Å². The molecule has 3 aliphatic carbocycles. The molecule has 312 valence electrons. The third-order valence-electron chi connectivity index (χ3n) is 15.2. The first-order valence-corrected chi connectivity index (χ1v) is 23.3. The third kappa shape index (κ3) is 5.23. The van der Waals surface area contributed by atoms with E-state index in [1.165, 1.54) is 89.0 Å². The van der Waals surface area contributed by atoms with Crippen LogP contribution >= 0.6 is 0 Å². The topological polar surface area (TPSA) is 3.24 Å². The Morgan fingerprint density at radius 3 is 1.44 bits per heavy atom. The van der Waals surface area contributed by atoms with Gasteiger partial charge in [0.2, 0.25) is 0 Å². The zero-order valence-corrected chi connectivity index (χ0v) is 37.1. The summed E-state index contributed by atoms with van der Waals surface area (Å²) in [6.07, 6.45) is 0. The van der Waals surface area contributed by atoms with Gasteiger partial charge in [0.05, 0.1) is 10.8 Å². The van der Waals surface area contributed by atoms with Crippen LogP contribution < -0.4 is 4.90 Å². The smallest absolute Gasteiger partial charge is 0.0720 e. The first-order valence-electron chi connectivity index (χ1n) is 23.3. The van der Waals surface area contributed by atoms with Gasteiger partial charge < -0.3 is 4.90 Å². The van der Waals surface area contributed by atoms with Gasteiger partial charge in [-0.25, -0.2) is 0 Å². The van der Waals surface area contributed by atoms with Crippen LogP contribution in [0.1, 0.15) is 69.5 Å². The van der Waals surface area contributed by atoms with E-state index in [0.29, 0.717) is 0 Å².